The van der Waals surface area contributed by atoms with Crippen molar-refractivity contribution >= 4 is 17.4 Å². The zero-order valence-electron chi connectivity index (χ0n) is 12.6. The minimum Gasteiger partial charge on any atom is -0.467 e. The van der Waals surface area contributed by atoms with Crippen LogP contribution in [0.2, 0.25) is 0 Å². The Morgan fingerprint density at radius 2 is 2.19 bits per heavy atom. The monoisotopic (exact) mass is 307 g/mol. The van der Waals surface area contributed by atoms with Crippen LogP contribution in [0.25, 0.3) is 0 Å². The molecule has 0 fully saturated rings. The fraction of sp³-hybridized carbons (Fsp3) is 0.400. The summed E-state index contributed by atoms with van der Waals surface area (Å²) in [6.07, 6.45) is 1.61. The molecule has 2 aromatic rings. The Kier molecular flexibility index (Phi) is 5.41. The average molecular weight is 307 g/mol. The molecule has 1 atom stereocenters. The zero-order chi connectivity index (χ0) is 15.2. The highest BCUT2D eigenvalue weighted by Gasteiger charge is 2.17. The third-order valence-corrected chi connectivity index (χ3v) is 4.02. The molecule has 0 bridgehead atoms. The maximum Gasteiger partial charge on any atom is 0.317 e. The van der Waals surface area contributed by atoms with Crippen LogP contribution in [-0.2, 0) is 6.54 Å². The number of likely N-dealkylation sites (N-methyl/N-ethyl adjacent to an activating group) is 1. The lowest BCUT2D eigenvalue weighted by Gasteiger charge is -2.25. The standard InChI is InChI=1S/C15H21N3O2S/c1-17(2)14(12-6-8-21-11-12)9-16-15(19)18(3)10-13-5-4-7-20-13/h4-8,11,14H,9-10H2,1-3H3,(H,16,19)/t14-/m1/s1. The van der Waals surface area contributed by atoms with Crippen molar-refractivity contribution in [3.63, 3.8) is 0 Å². The summed E-state index contributed by atoms with van der Waals surface area (Å²) in [6, 6.07) is 5.84. The van der Waals surface area contributed by atoms with Gasteiger partial charge in [0, 0.05) is 13.6 Å². The molecule has 0 saturated heterocycles. The number of urea groups is 1. The van der Waals surface area contributed by atoms with Crippen LogP contribution in [-0.4, -0.2) is 43.5 Å². The van der Waals surface area contributed by atoms with E-state index in [2.05, 4.69) is 27.0 Å². The molecular weight excluding hydrogens is 286 g/mol. The van der Waals surface area contributed by atoms with Gasteiger partial charge in [0.1, 0.15) is 5.76 Å². The Labute approximate surface area is 129 Å². The Balaban J connectivity index is 1.87. The molecule has 0 aliphatic rings. The average Bonchev–Trinajstić information content (AvgIpc) is 3.11. The summed E-state index contributed by atoms with van der Waals surface area (Å²) in [7, 11) is 5.79. The largest absolute Gasteiger partial charge is 0.467 e. The summed E-state index contributed by atoms with van der Waals surface area (Å²) >= 11 is 1.67. The molecule has 1 N–H and O–H groups in total. The fourth-order valence-electron chi connectivity index (χ4n) is 2.09. The van der Waals surface area contributed by atoms with E-state index < -0.39 is 0 Å². The van der Waals surface area contributed by atoms with E-state index in [1.165, 1.54) is 5.56 Å². The number of nitrogens with one attached hydrogen (secondary N) is 1. The first-order chi connectivity index (χ1) is 10.1. The molecule has 5 nitrogen and oxygen atoms in total. The van der Waals surface area contributed by atoms with Crippen LogP contribution < -0.4 is 5.32 Å². The molecule has 0 aromatic carbocycles. The molecule has 2 aromatic heterocycles. The van der Waals surface area contributed by atoms with E-state index in [-0.39, 0.29) is 12.1 Å². The molecule has 21 heavy (non-hydrogen) atoms. The minimum absolute atomic E-state index is 0.103. The number of carbonyl (C=O) groups excluding carboxylic acids is 1. The lowest BCUT2D eigenvalue weighted by Crippen LogP contribution is -2.41. The minimum atomic E-state index is -0.103. The predicted octanol–water partition coefficient (Wildman–Crippen LogP) is 2.79. The fourth-order valence-corrected chi connectivity index (χ4v) is 2.80. The van der Waals surface area contributed by atoms with Crippen molar-refractivity contribution < 1.29 is 9.21 Å². The number of carbonyl (C=O) groups is 1. The zero-order valence-corrected chi connectivity index (χ0v) is 13.4. The van der Waals surface area contributed by atoms with Crippen molar-refractivity contribution in [2.24, 2.45) is 0 Å². The van der Waals surface area contributed by atoms with Crippen LogP contribution in [0, 0.1) is 0 Å². The number of amides is 2. The van der Waals surface area contributed by atoms with E-state index in [9.17, 15) is 4.79 Å². The lowest BCUT2D eigenvalue weighted by atomic mass is 10.1. The predicted molar refractivity (Wildman–Crippen MR) is 84.3 cm³/mol. The van der Waals surface area contributed by atoms with E-state index in [4.69, 9.17) is 4.42 Å². The molecule has 0 spiro atoms. The molecule has 0 radical (unpaired) electrons. The van der Waals surface area contributed by atoms with Crippen molar-refractivity contribution in [1.82, 2.24) is 15.1 Å². The number of rotatable bonds is 6. The van der Waals surface area contributed by atoms with Gasteiger partial charge in [0.2, 0.25) is 0 Å². The summed E-state index contributed by atoms with van der Waals surface area (Å²) < 4.78 is 5.25. The topological polar surface area (TPSA) is 48.7 Å². The van der Waals surface area contributed by atoms with Crippen molar-refractivity contribution in [3.8, 4) is 0 Å². The van der Waals surface area contributed by atoms with E-state index in [0.717, 1.165) is 5.76 Å². The SMILES string of the molecule is CN(Cc1ccco1)C(=O)NC[C@H](c1ccsc1)N(C)C. The first-order valence-electron chi connectivity index (χ1n) is 6.78. The third-order valence-electron chi connectivity index (χ3n) is 3.32. The highest BCUT2D eigenvalue weighted by Crippen LogP contribution is 2.20. The van der Waals surface area contributed by atoms with E-state index in [1.54, 1.807) is 29.5 Å². The Morgan fingerprint density at radius 1 is 1.38 bits per heavy atom. The van der Waals surface area contributed by atoms with Gasteiger partial charge in [-0.15, -0.1) is 0 Å². The second kappa shape index (κ2) is 7.28. The van der Waals surface area contributed by atoms with Gasteiger partial charge in [0.05, 0.1) is 18.8 Å². The molecular formula is C15H21N3O2S. The van der Waals surface area contributed by atoms with Crippen LogP contribution >= 0.6 is 11.3 Å². The number of furan rings is 1. The second-order valence-corrected chi connectivity index (χ2v) is 5.94. The van der Waals surface area contributed by atoms with Gasteiger partial charge >= 0.3 is 6.03 Å². The number of nitrogens with zero attached hydrogens (tertiary/aromatic N) is 2. The molecule has 2 rings (SSSR count). The van der Waals surface area contributed by atoms with Crippen molar-refractivity contribution in [3.05, 3.63) is 46.5 Å². The first kappa shape index (κ1) is 15.6. The first-order valence-corrected chi connectivity index (χ1v) is 7.72. The summed E-state index contributed by atoms with van der Waals surface area (Å²) in [5, 5.41) is 7.14. The number of hydrogen-bond donors (Lipinski definition) is 1. The molecule has 0 aliphatic carbocycles. The van der Waals surface area contributed by atoms with Crippen molar-refractivity contribution in [1.29, 1.82) is 0 Å². The quantitative estimate of drug-likeness (QED) is 0.893. The van der Waals surface area contributed by atoms with Crippen molar-refractivity contribution in [2.45, 2.75) is 12.6 Å². The normalized spacial score (nSPS) is 12.4. The van der Waals surface area contributed by atoms with Crippen LogP contribution in [0.4, 0.5) is 4.79 Å². The van der Waals surface area contributed by atoms with Gasteiger partial charge in [-0.3, -0.25) is 0 Å². The third kappa shape index (κ3) is 4.34. The summed E-state index contributed by atoms with van der Waals surface area (Å²) in [4.78, 5) is 15.8. The molecule has 2 amide bonds. The highest BCUT2D eigenvalue weighted by molar-refractivity contribution is 7.07. The summed E-state index contributed by atoms with van der Waals surface area (Å²) in [5.41, 5.74) is 1.22. The second-order valence-electron chi connectivity index (χ2n) is 5.16. The van der Waals surface area contributed by atoms with E-state index in [0.29, 0.717) is 13.1 Å². The number of hydrogen-bond acceptors (Lipinski definition) is 4. The smallest absolute Gasteiger partial charge is 0.317 e. The lowest BCUT2D eigenvalue weighted by molar-refractivity contribution is 0.197. The van der Waals surface area contributed by atoms with Crippen LogP contribution in [0.3, 0.4) is 0 Å². The van der Waals surface area contributed by atoms with Crippen molar-refractivity contribution in [2.75, 3.05) is 27.7 Å². The number of thiophene rings is 1. The van der Waals surface area contributed by atoms with Gasteiger partial charge in [0.25, 0.3) is 0 Å². The molecule has 114 valence electrons. The Hall–Kier alpha value is -1.79. The Bertz CT molecular complexity index is 537. The van der Waals surface area contributed by atoms with Gasteiger partial charge in [-0.2, -0.15) is 11.3 Å². The maximum absolute atomic E-state index is 12.1. The molecule has 0 aliphatic heterocycles. The van der Waals surface area contributed by atoms with E-state index in [1.807, 2.05) is 26.2 Å². The molecule has 0 unspecified atom stereocenters. The summed E-state index contributed by atoms with van der Waals surface area (Å²) in [6.45, 7) is 1.04. The van der Waals surface area contributed by atoms with Gasteiger partial charge in [-0.25, -0.2) is 4.79 Å². The molecule has 2 heterocycles. The van der Waals surface area contributed by atoms with Crippen LogP contribution in [0.15, 0.2) is 39.6 Å². The highest BCUT2D eigenvalue weighted by atomic mass is 32.1. The van der Waals surface area contributed by atoms with Gasteiger partial charge < -0.3 is 19.5 Å². The molecule has 0 saturated carbocycles. The van der Waals surface area contributed by atoms with Crippen LogP contribution in [0.1, 0.15) is 17.4 Å². The molecule has 6 heteroatoms. The van der Waals surface area contributed by atoms with Gasteiger partial charge in [-0.1, -0.05) is 0 Å². The van der Waals surface area contributed by atoms with Gasteiger partial charge in [-0.05, 0) is 48.6 Å². The Morgan fingerprint density at radius 3 is 2.76 bits per heavy atom. The van der Waals surface area contributed by atoms with Gasteiger partial charge in [0.15, 0.2) is 0 Å². The van der Waals surface area contributed by atoms with Crippen LogP contribution in [0.5, 0.6) is 0 Å². The summed E-state index contributed by atoms with van der Waals surface area (Å²) in [5.74, 6) is 0.773. The maximum atomic E-state index is 12.1. The van der Waals surface area contributed by atoms with E-state index >= 15 is 0 Å².